The van der Waals surface area contributed by atoms with E-state index in [1.54, 1.807) is 18.2 Å². The van der Waals surface area contributed by atoms with Crippen LogP contribution in [0, 0.1) is 0 Å². The van der Waals surface area contributed by atoms with Crippen molar-refractivity contribution in [2.75, 3.05) is 0 Å². The fourth-order valence-corrected chi connectivity index (χ4v) is 4.05. The molecule has 25 heavy (non-hydrogen) atoms. The van der Waals surface area contributed by atoms with Crippen LogP contribution >= 0.6 is 31.9 Å². The van der Waals surface area contributed by atoms with E-state index in [4.69, 9.17) is 4.52 Å². The van der Waals surface area contributed by atoms with Crippen molar-refractivity contribution in [3.05, 3.63) is 68.9 Å². The Hall–Kier alpha value is -1.55. The van der Waals surface area contributed by atoms with Crippen molar-refractivity contribution in [3.8, 4) is 11.4 Å². The van der Waals surface area contributed by atoms with Crippen molar-refractivity contribution >= 4 is 41.9 Å². The minimum Gasteiger partial charge on any atom is -0.338 e. The molecule has 0 saturated heterocycles. The van der Waals surface area contributed by atoms with E-state index in [9.17, 15) is 8.42 Å². The molecule has 0 saturated carbocycles. The van der Waals surface area contributed by atoms with Crippen LogP contribution < -0.4 is 4.72 Å². The first-order valence-electron chi connectivity index (χ1n) is 7.22. The van der Waals surface area contributed by atoms with E-state index in [0.29, 0.717) is 11.4 Å². The monoisotopic (exact) mass is 485 g/mol. The number of sulfonamides is 1. The molecule has 3 rings (SSSR count). The molecule has 0 unspecified atom stereocenters. The molecule has 0 spiro atoms. The molecule has 6 nitrogen and oxygen atoms in total. The Kier molecular flexibility index (Phi) is 5.67. The Balaban J connectivity index is 1.65. The fraction of sp³-hybridized carbons (Fsp3) is 0.125. The number of hydrogen-bond acceptors (Lipinski definition) is 5. The van der Waals surface area contributed by atoms with Crippen molar-refractivity contribution in [1.29, 1.82) is 0 Å². The predicted molar refractivity (Wildman–Crippen MR) is 101 cm³/mol. The summed E-state index contributed by atoms with van der Waals surface area (Å²) in [6.07, 6.45) is 0. The number of aromatic nitrogens is 2. The number of halogens is 2. The maximum Gasteiger partial charge on any atom is 0.242 e. The van der Waals surface area contributed by atoms with E-state index in [2.05, 4.69) is 46.7 Å². The number of nitrogens with zero attached hydrogens (tertiary/aromatic N) is 2. The zero-order valence-corrected chi connectivity index (χ0v) is 16.8. The molecule has 0 amide bonds. The van der Waals surface area contributed by atoms with E-state index >= 15 is 0 Å². The summed E-state index contributed by atoms with van der Waals surface area (Å²) in [6, 6.07) is 14.6. The summed E-state index contributed by atoms with van der Waals surface area (Å²) in [5.74, 6) is 0.481. The molecule has 0 aliphatic rings. The normalized spacial score (nSPS) is 11.6. The molecule has 0 fully saturated rings. The lowest BCUT2D eigenvalue weighted by molar-refractivity contribution is 0.376. The molecular weight excluding hydrogens is 474 g/mol. The maximum atomic E-state index is 12.2. The molecule has 9 heteroatoms. The SMILES string of the molecule is O=S(=O)(Cc1cccc(Br)c1)NCc1nc(-c2cccc(Br)c2)no1. The molecule has 0 atom stereocenters. The maximum absolute atomic E-state index is 12.2. The highest BCUT2D eigenvalue weighted by Gasteiger charge is 2.15. The summed E-state index contributed by atoms with van der Waals surface area (Å²) in [6.45, 7) is -0.0582. The molecular formula is C16H13Br2N3O3S. The first-order valence-corrected chi connectivity index (χ1v) is 10.5. The smallest absolute Gasteiger partial charge is 0.242 e. The molecule has 0 aliphatic carbocycles. The lowest BCUT2D eigenvalue weighted by atomic mass is 10.2. The third-order valence-corrected chi connectivity index (χ3v) is 5.52. The minimum absolute atomic E-state index is 0.0582. The summed E-state index contributed by atoms with van der Waals surface area (Å²) in [5.41, 5.74) is 1.46. The van der Waals surface area contributed by atoms with E-state index in [-0.39, 0.29) is 18.2 Å². The largest absolute Gasteiger partial charge is 0.338 e. The molecule has 1 N–H and O–H groups in total. The topological polar surface area (TPSA) is 85.1 Å². The molecule has 0 bridgehead atoms. The highest BCUT2D eigenvalue weighted by atomic mass is 79.9. The van der Waals surface area contributed by atoms with Gasteiger partial charge in [-0.05, 0) is 29.8 Å². The summed E-state index contributed by atoms with van der Waals surface area (Å²) in [4.78, 5) is 4.21. The van der Waals surface area contributed by atoms with Gasteiger partial charge in [-0.15, -0.1) is 0 Å². The number of hydrogen-bond donors (Lipinski definition) is 1. The van der Waals surface area contributed by atoms with Gasteiger partial charge in [0.05, 0.1) is 12.3 Å². The van der Waals surface area contributed by atoms with Crippen LogP contribution in [-0.2, 0) is 22.3 Å². The van der Waals surface area contributed by atoms with Gasteiger partial charge >= 0.3 is 0 Å². The van der Waals surface area contributed by atoms with Gasteiger partial charge < -0.3 is 4.52 Å². The second-order valence-corrected chi connectivity index (χ2v) is 8.87. The van der Waals surface area contributed by atoms with Crippen LogP contribution in [0.3, 0.4) is 0 Å². The van der Waals surface area contributed by atoms with Gasteiger partial charge in [0.2, 0.25) is 21.7 Å². The van der Waals surface area contributed by atoms with Crippen LogP contribution in [-0.4, -0.2) is 18.6 Å². The summed E-state index contributed by atoms with van der Waals surface area (Å²) < 4.78 is 33.7. The summed E-state index contributed by atoms with van der Waals surface area (Å²) in [7, 11) is -3.52. The highest BCUT2D eigenvalue weighted by molar-refractivity contribution is 9.10. The zero-order chi connectivity index (χ0) is 17.9. The number of rotatable bonds is 6. The Morgan fingerprint density at radius 1 is 1.04 bits per heavy atom. The van der Waals surface area contributed by atoms with Gasteiger partial charge in [0.1, 0.15) is 0 Å². The average molecular weight is 487 g/mol. The van der Waals surface area contributed by atoms with E-state index in [1.807, 2.05) is 30.3 Å². The quantitative estimate of drug-likeness (QED) is 0.571. The van der Waals surface area contributed by atoms with E-state index in [0.717, 1.165) is 14.5 Å². The fourth-order valence-electron chi connectivity index (χ4n) is 2.14. The Morgan fingerprint density at radius 3 is 2.48 bits per heavy atom. The van der Waals surface area contributed by atoms with Gasteiger partial charge in [0.25, 0.3) is 0 Å². The van der Waals surface area contributed by atoms with Crippen LogP contribution in [0.1, 0.15) is 11.5 Å². The molecule has 1 aromatic heterocycles. The number of nitrogens with one attached hydrogen (secondary N) is 1. The first kappa shape index (κ1) is 18.2. The summed E-state index contributed by atoms with van der Waals surface area (Å²) in [5, 5.41) is 3.88. The average Bonchev–Trinajstić information content (AvgIpc) is 3.02. The highest BCUT2D eigenvalue weighted by Crippen LogP contribution is 2.20. The zero-order valence-electron chi connectivity index (χ0n) is 12.8. The van der Waals surface area contributed by atoms with Gasteiger partial charge in [-0.3, -0.25) is 0 Å². The Bertz CT molecular complexity index is 990. The van der Waals surface area contributed by atoms with E-state index < -0.39 is 10.0 Å². The van der Waals surface area contributed by atoms with Crippen molar-refractivity contribution in [1.82, 2.24) is 14.9 Å². The van der Waals surface area contributed by atoms with Crippen LogP contribution in [0.2, 0.25) is 0 Å². The Labute approximate surface area is 162 Å². The van der Waals surface area contributed by atoms with Crippen LogP contribution in [0.15, 0.2) is 62.0 Å². The third kappa shape index (κ3) is 5.21. The van der Waals surface area contributed by atoms with Crippen molar-refractivity contribution < 1.29 is 12.9 Å². The van der Waals surface area contributed by atoms with E-state index in [1.165, 1.54) is 0 Å². The first-order chi connectivity index (χ1) is 11.9. The van der Waals surface area contributed by atoms with Crippen LogP contribution in [0.25, 0.3) is 11.4 Å². The lowest BCUT2D eigenvalue weighted by Crippen LogP contribution is -2.24. The van der Waals surface area contributed by atoms with Gasteiger partial charge in [0.15, 0.2) is 0 Å². The van der Waals surface area contributed by atoms with Crippen molar-refractivity contribution in [2.24, 2.45) is 0 Å². The molecule has 130 valence electrons. The second-order valence-electron chi connectivity index (χ2n) is 5.23. The minimum atomic E-state index is -3.52. The standard InChI is InChI=1S/C16H13Br2N3O3S/c17-13-5-1-3-11(7-13)10-25(22,23)19-9-15-20-16(21-24-15)12-4-2-6-14(18)8-12/h1-8,19H,9-10H2. The number of benzene rings is 2. The third-order valence-electron chi connectivity index (χ3n) is 3.24. The van der Waals surface area contributed by atoms with Crippen LogP contribution in [0.5, 0.6) is 0 Å². The molecule has 2 aromatic carbocycles. The van der Waals surface area contributed by atoms with Gasteiger partial charge in [-0.1, -0.05) is 61.3 Å². The molecule has 3 aromatic rings. The van der Waals surface area contributed by atoms with Crippen LogP contribution in [0.4, 0.5) is 0 Å². The van der Waals surface area contributed by atoms with Gasteiger partial charge in [-0.2, -0.15) is 4.98 Å². The lowest BCUT2D eigenvalue weighted by Gasteiger charge is -2.05. The van der Waals surface area contributed by atoms with Crippen molar-refractivity contribution in [2.45, 2.75) is 12.3 Å². The molecule has 0 radical (unpaired) electrons. The van der Waals surface area contributed by atoms with Crippen molar-refractivity contribution in [3.63, 3.8) is 0 Å². The second kappa shape index (κ2) is 7.77. The van der Waals surface area contributed by atoms with Gasteiger partial charge in [-0.25, -0.2) is 13.1 Å². The predicted octanol–water partition coefficient (Wildman–Crippen LogP) is 3.88. The Morgan fingerprint density at radius 2 is 1.76 bits per heavy atom. The molecule has 0 aliphatic heterocycles. The van der Waals surface area contributed by atoms with Gasteiger partial charge in [0, 0.05) is 14.5 Å². The molecule has 1 heterocycles. The summed E-state index contributed by atoms with van der Waals surface area (Å²) >= 11 is 6.70.